The van der Waals surface area contributed by atoms with Crippen molar-refractivity contribution in [3.05, 3.63) is 56.9 Å². The van der Waals surface area contributed by atoms with E-state index in [0.717, 1.165) is 18.6 Å². The van der Waals surface area contributed by atoms with E-state index in [4.69, 9.17) is 4.74 Å². The molecule has 0 saturated carbocycles. The van der Waals surface area contributed by atoms with Crippen molar-refractivity contribution in [2.24, 2.45) is 0 Å². The second-order valence-electron chi connectivity index (χ2n) is 4.75. The fourth-order valence-electron chi connectivity index (χ4n) is 2.29. The number of nitrogens with one attached hydrogen (secondary N) is 3. The fraction of sp³-hybridized carbons (Fsp3) is 0.286. The van der Waals surface area contributed by atoms with Gasteiger partial charge >= 0.3 is 5.69 Å². The maximum atomic E-state index is 11.5. The Balaban J connectivity index is 1.65. The number of fused-ring (bicyclic) bond motifs is 1. The van der Waals surface area contributed by atoms with E-state index in [9.17, 15) is 9.59 Å². The van der Waals surface area contributed by atoms with Gasteiger partial charge in [0.2, 0.25) is 0 Å². The summed E-state index contributed by atoms with van der Waals surface area (Å²) in [6.07, 6.45) is 3.24. The second-order valence-corrected chi connectivity index (χ2v) is 4.75. The number of hydrogen-bond donors (Lipinski definition) is 3. The number of ether oxygens (including phenoxy) is 1. The Bertz CT molecular complexity index is 720. The van der Waals surface area contributed by atoms with E-state index in [2.05, 4.69) is 21.4 Å². The summed E-state index contributed by atoms with van der Waals surface area (Å²) in [5.41, 5.74) is 0.617. The van der Waals surface area contributed by atoms with Gasteiger partial charge in [-0.3, -0.25) is 9.78 Å². The first-order chi connectivity index (χ1) is 9.72. The number of hydrogen-bond acceptors (Lipinski definition) is 4. The fourth-order valence-corrected chi connectivity index (χ4v) is 2.29. The molecule has 0 fully saturated rings. The summed E-state index contributed by atoms with van der Waals surface area (Å²) in [5.74, 6) is 0.904. The molecule has 6 heteroatoms. The lowest BCUT2D eigenvalue weighted by Crippen LogP contribution is -2.32. The summed E-state index contributed by atoms with van der Waals surface area (Å²) < 4.78 is 5.87. The number of anilines is 1. The van der Waals surface area contributed by atoms with Crippen LogP contribution in [0, 0.1) is 0 Å². The van der Waals surface area contributed by atoms with Crippen LogP contribution in [0.15, 0.2) is 40.1 Å². The summed E-state index contributed by atoms with van der Waals surface area (Å²) in [6, 6.07) is 7.96. The lowest BCUT2D eigenvalue weighted by molar-refractivity contribution is 0.185. The van der Waals surface area contributed by atoms with Crippen LogP contribution in [-0.2, 0) is 6.42 Å². The molecule has 0 radical (unpaired) electrons. The van der Waals surface area contributed by atoms with Crippen molar-refractivity contribution < 1.29 is 4.74 Å². The van der Waals surface area contributed by atoms with Crippen LogP contribution in [0.4, 0.5) is 5.69 Å². The third kappa shape index (κ3) is 2.59. The van der Waals surface area contributed by atoms with Gasteiger partial charge in [0.25, 0.3) is 5.56 Å². The van der Waals surface area contributed by atoms with Crippen molar-refractivity contribution in [2.45, 2.75) is 18.9 Å². The van der Waals surface area contributed by atoms with Crippen molar-refractivity contribution in [1.82, 2.24) is 9.97 Å². The summed E-state index contributed by atoms with van der Waals surface area (Å²) in [6.45, 7) is 0.517. The van der Waals surface area contributed by atoms with Gasteiger partial charge in [0.05, 0.1) is 6.54 Å². The lowest BCUT2D eigenvalue weighted by Gasteiger charge is -2.26. The highest BCUT2D eigenvalue weighted by Gasteiger charge is 2.19. The average molecular weight is 273 g/mol. The molecule has 0 saturated heterocycles. The first-order valence-electron chi connectivity index (χ1n) is 6.53. The Hall–Kier alpha value is -2.50. The van der Waals surface area contributed by atoms with Gasteiger partial charge in [-0.2, -0.15) is 0 Å². The molecular weight excluding hydrogens is 258 g/mol. The Morgan fingerprint density at radius 2 is 2.15 bits per heavy atom. The normalized spacial score (nSPS) is 17.1. The van der Waals surface area contributed by atoms with Gasteiger partial charge in [0.1, 0.15) is 17.5 Å². The van der Waals surface area contributed by atoms with Crippen LogP contribution < -0.4 is 21.3 Å². The lowest BCUT2D eigenvalue weighted by atomic mass is 10.0. The van der Waals surface area contributed by atoms with Gasteiger partial charge in [0, 0.05) is 6.20 Å². The molecule has 1 atom stereocenters. The number of benzene rings is 1. The topological polar surface area (TPSA) is 87.0 Å². The van der Waals surface area contributed by atoms with Gasteiger partial charge in [-0.1, -0.05) is 18.2 Å². The number of aryl methyl sites for hydroxylation is 1. The molecule has 1 unspecified atom stereocenters. The number of para-hydroxylation sites is 1. The average Bonchev–Trinajstić information content (AvgIpc) is 2.46. The minimum Gasteiger partial charge on any atom is -0.488 e. The molecule has 2 aromatic rings. The van der Waals surface area contributed by atoms with Crippen LogP contribution in [0.1, 0.15) is 12.0 Å². The molecule has 1 aromatic heterocycles. The Morgan fingerprint density at radius 1 is 1.30 bits per heavy atom. The molecule has 0 amide bonds. The number of aromatic nitrogens is 2. The van der Waals surface area contributed by atoms with Crippen molar-refractivity contribution >= 4 is 5.69 Å². The van der Waals surface area contributed by atoms with Gasteiger partial charge in [-0.25, -0.2) is 4.79 Å². The maximum Gasteiger partial charge on any atom is 0.325 e. The van der Waals surface area contributed by atoms with Crippen molar-refractivity contribution in [3.8, 4) is 5.75 Å². The highest BCUT2D eigenvalue weighted by molar-refractivity contribution is 5.38. The zero-order valence-electron chi connectivity index (χ0n) is 10.8. The highest BCUT2D eigenvalue weighted by Crippen LogP contribution is 2.26. The molecule has 1 aromatic carbocycles. The molecule has 6 nitrogen and oxygen atoms in total. The van der Waals surface area contributed by atoms with Crippen molar-refractivity contribution in [2.75, 3.05) is 11.9 Å². The number of aromatic amines is 2. The summed E-state index contributed by atoms with van der Waals surface area (Å²) in [7, 11) is 0. The highest BCUT2D eigenvalue weighted by atomic mass is 16.5. The number of rotatable bonds is 3. The third-order valence-corrected chi connectivity index (χ3v) is 3.34. The monoisotopic (exact) mass is 273 g/mol. The van der Waals surface area contributed by atoms with Gasteiger partial charge in [-0.15, -0.1) is 0 Å². The van der Waals surface area contributed by atoms with E-state index in [1.54, 1.807) is 0 Å². The predicted octanol–water partition coefficient (Wildman–Crippen LogP) is 0.869. The van der Waals surface area contributed by atoms with Gasteiger partial charge in [0.15, 0.2) is 0 Å². The van der Waals surface area contributed by atoms with Gasteiger partial charge in [-0.05, 0) is 24.5 Å². The zero-order valence-corrected chi connectivity index (χ0v) is 10.8. The molecule has 20 heavy (non-hydrogen) atoms. The quantitative estimate of drug-likeness (QED) is 0.774. The van der Waals surface area contributed by atoms with E-state index in [1.807, 2.05) is 18.2 Å². The van der Waals surface area contributed by atoms with E-state index in [0.29, 0.717) is 12.2 Å². The zero-order chi connectivity index (χ0) is 13.9. The minimum atomic E-state index is -0.511. The minimum absolute atomic E-state index is 0.0104. The second kappa shape index (κ2) is 5.24. The molecule has 104 valence electrons. The molecule has 0 spiro atoms. The van der Waals surface area contributed by atoms with Crippen LogP contribution in [0.5, 0.6) is 5.75 Å². The molecule has 3 N–H and O–H groups in total. The smallest absolute Gasteiger partial charge is 0.325 e. The predicted molar refractivity (Wildman–Crippen MR) is 75.4 cm³/mol. The summed E-state index contributed by atoms with van der Waals surface area (Å²) in [5, 5.41) is 3.00. The molecule has 0 aliphatic carbocycles. The van der Waals surface area contributed by atoms with Crippen LogP contribution in [0.3, 0.4) is 0 Å². The maximum absolute atomic E-state index is 11.5. The van der Waals surface area contributed by atoms with Crippen molar-refractivity contribution in [3.63, 3.8) is 0 Å². The molecule has 2 heterocycles. The molecule has 1 aliphatic rings. The largest absolute Gasteiger partial charge is 0.488 e. The molecule has 3 rings (SSSR count). The SMILES string of the molecule is O=c1[nH]cc(NCC2CCc3ccccc3O2)c(=O)[nH]1. The number of H-pyrrole nitrogens is 2. The Morgan fingerprint density at radius 3 is 3.00 bits per heavy atom. The molecular formula is C14H15N3O3. The Kier molecular flexibility index (Phi) is 3.28. The van der Waals surface area contributed by atoms with E-state index in [1.165, 1.54) is 11.8 Å². The first kappa shape index (κ1) is 12.5. The Labute approximate surface area is 114 Å². The van der Waals surface area contributed by atoms with Crippen molar-refractivity contribution in [1.29, 1.82) is 0 Å². The van der Waals surface area contributed by atoms with Crippen LogP contribution >= 0.6 is 0 Å². The molecule has 0 bridgehead atoms. The van der Waals surface area contributed by atoms with Crippen LogP contribution in [-0.4, -0.2) is 22.6 Å². The van der Waals surface area contributed by atoms with Gasteiger partial charge < -0.3 is 15.0 Å². The summed E-state index contributed by atoms with van der Waals surface area (Å²) in [4.78, 5) is 27.1. The third-order valence-electron chi connectivity index (χ3n) is 3.34. The van der Waals surface area contributed by atoms with E-state index < -0.39 is 11.2 Å². The molecule has 1 aliphatic heterocycles. The van der Waals surface area contributed by atoms with E-state index >= 15 is 0 Å². The van der Waals surface area contributed by atoms with E-state index in [-0.39, 0.29) is 6.10 Å². The summed E-state index contributed by atoms with van der Waals surface area (Å²) >= 11 is 0. The van der Waals surface area contributed by atoms with Crippen LogP contribution in [0.25, 0.3) is 0 Å². The standard InChI is InChI=1S/C14H15N3O3/c18-13-11(8-16-14(19)17-13)15-7-10-6-5-9-3-1-2-4-12(9)20-10/h1-4,8,10,15H,5-7H2,(H2,16,17,18,19). The van der Waals surface area contributed by atoms with Crippen LogP contribution in [0.2, 0.25) is 0 Å². The first-order valence-corrected chi connectivity index (χ1v) is 6.53.